The van der Waals surface area contributed by atoms with E-state index in [-0.39, 0.29) is 21.8 Å². The lowest BCUT2D eigenvalue weighted by Crippen LogP contribution is -2.15. The van der Waals surface area contributed by atoms with Crippen LogP contribution in [-0.4, -0.2) is 27.2 Å². The topological polar surface area (TPSA) is 107 Å². The van der Waals surface area contributed by atoms with Crippen molar-refractivity contribution >= 4 is 29.2 Å². The number of halogens is 1. The maximum atomic E-state index is 12.1. The number of amides is 1. The molecule has 0 spiro atoms. The predicted molar refractivity (Wildman–Crippen MR) is 76.1 cm³/mol. The Morgan fingerprint density at radius 3 is 2.38 bits per heavy atom. The molecule has 2 aromatic carbocycles. The summed E-state index contributed by atoms with van der Waals surface area (Å²) in [4.78, 5) is 23.2. The molecule has 2 rings (SSSR count). The van der Waals surface area contributed by atoms with Crippen molar-refractivity contribution in [1.82, 2.24) is 0 Å². The van der Waals surface area contributed by atoms with Gasteiger partial charge in [0.1, 0.15) is 5.56 Å². The fraction of sp³-hybridized carbons (Fsp3) is 0. The minimum Gasteiger partial charge on any atom is -0.504 e. The van der Waals surface area contributed by atoms with Crippen LogP contribution in [0, 0.1) is 0 Å². The highest BCUT2D eigenvalue weighted by Gasteiger charge is 2.19. The molecule has 0 saturated carbocycles. The second-order valence-corrected chi connectivity index (χ2v) is 4.50. The number of anilines is 1. The van der Waals surface area contributed by atoms with Gasteiger partial charge in [0.15, 0.2) is 11.5 Å². The first-order valence-corrected chi connectivity index (χ1v) is 6.13. The third-order valence-corrected chi connectivity index (χ3v) is 3.05. The van der Waals surface area contributed by atoms with Gasteiger partial charge in [-0.1, -0.05) is 23.7 Å². The van der Waals surface area contributed by atoms with Crippen LogP contribution in [0.15, 0.2) is 36.4 Å². The fourth-order valence-corrected chi connectivity index (χ4v) is 2.01. The van der Waals surface area contributed by atoms with Crippen LogP contribution in [0.5, 0.6) is 11.5 Å². The number of phenols is 2. The Labute approximate surface area is 124 Å². The lowest BCUT2D eigenvalue weighted by molar-refractivity contribution is 0.0698. The van der Waals surface area contributed by atoms with E-state index >= 15 is 0 Å². The zero-order valence-corrected chi connectivity index (χ0v) is 11.3. The SMILES string of the molecule is O=C(Nc1cccc(Cl)c1C(=O)O)c1cccc(O)c1O. The molecule has 0 bridgehead atoms. The Bertz CT molecular complexity index is 729. The van der Waals surface area contributed by atoms with Gasteiger partial charge >= 0.3 is 5.97 Å². The van der Waals surface area contributed by atoms with Crippen LogP contribution < -0.4 is 5.32 Å². The molecule has 0 heterocycles. The molecular weight excluding hydrogens is 298 g/mol. The van der Waals surface area contributed by atoms with Gasteiger partial charge in [-0.05, 0) is 24.3 Å². The average Bonchev–Trinajstić information content (AvgIpc) is 2.41. The highest BCUT2D eigenvalue weighted by atomic mass is 35.5. The van der Waals surface area contributed by atoms with Gasteiger partial charge < -0.3 is 20.6 Å². The van der Waals surface area contributed by atoms with E-state index in [1.54, 1.807) is 0 Å². The molecule has 0 saturated heterocycles. The van der Waals surface area contributed by atoms with E-state index in [2.05, 4.69) is 5.32 Å². The van der Waals surface area contributed by atoms with Crippen molar-refractivity contribution in [2.75, 3.05) is 5.32 Å². The van der Waals surface area contributed by atoms with Crippen LogP contribution in [0.3, 0.4) is 0 Å². The van der Waals surface area contributed by atoms with Gasteiger partial charge in [-0.25, -0.2) is 4.79 Å². The van der Waals surface area contributed by atoms with Crippen molar-refractivity contribution in [3.8, 4) is 11.5 Å². The molecule has 0 aliphatic carbocycles. The van der Waals surface area contributed by atoms with Gasteiger partial charge in [0.2, 0.25) is 0 Å². The Hall–Kier alpha value is -2.73. The van der Waals surface area contributed by atoms with Gasteiger partial charge in [0.25, 0.3) is 5.91 Å². The summed E-state index contributed by atoms with van der Waals surface area (Å²) >= 11 is 5.79. The predicted octanol–water partition coefficient (Wildman–Crippen LogP) is 2.70. The number of phenolic OH excluding ortho intramolecular Hbond substituents is 2. The smallest absolute Gasteiger partial charge is 0.339 e. The molecule has 6 nitrogen and oxygen atoms in total. The van der Waals surface area contributed by atoms with Crippen LogP contribution in [0.2, 0.25) is 5.02 Å². The summed E-state index contributed by atoms with van der Waals surface area (Å²) in [5, 5.41) is 30.4. The Morgan fingerprint density at radius 2 is 1.71 bits per heavy atom. The minimum atomic E-state index is -1.30. The summed E-state index contributed by atoms with van der Waals surface area (Å²) < 4.78 is 0. The molecule has 21 heavy (non-hydrogen) atoms. The van der Waals surface area contributed by atoms with E-state index in [4.69, 9.17) is 16.7 Å². The number of carbonyl (C=O) groups excluding carboxylic acids is 1. The Morgan fingerprint density at radius 1 is 1.05 bits per heavy atom. The number of hydrogen-bond donors (Lipinski definition) is 4. The van der Waals surface area contributed by atoms with Crippen LogP contribution in [0.1, 0.15) is 20.7 Å². The van der Waals surface area contributed by atoms with E-state index in [0.717, 1.165) is 0 Å². The van der Waals surface area contributed by atoms with Crippen molar-refractivity contribution < 1.29 is 24.9 Å². The summed E-state index contributed by atoms with van der Waals surface area (Å²) in [7, 11) is 0. The first-order chi connectivity index (χ1) is 9.91. The number of nitrogens with one attached hydrogen (secondary N) is 1. The summed E-state index contributed by atoms with van der Waals surface area (Å²) in [5.41, 5.74) is -0.457. The maximum Gasteiger partial charge on any atom is 0.339 e. The quantitative estimate of drug-likeness (QED) is 0.652. The summed E-state index contributed by atoms with van der Waals surface area (Å²) in [6, 6.07) is 8.11. The summed E-state index contributed by atoms with van der Waals surface area (Å²) in [5.74, 6) is -3.11. The second-order valence-electron chi connectivity index (χ2n) is 4.09. The van der Waals surface area contributed by atoms with E-state index in [9.17, 15) is 19.8 Å². The van der Waals surface area contributed by atoms with Crippen molar-refractivity contribution in [3.05, 3.63) is 52.5 Å². The van der Waals surface area contributed by atoms with Gasteiger partial charge in [-0.3, -0.25) is 4.79 Å². The van der Waals surface area contributed by atoms with Gasteiger partial charge in [0, 0.05) is 0 Å². The molecule has 0 aliphatic heterocycles. The number of para-hydroxylation sites is 1. The van der Waals surface area contributed by atoms with E-state index in [1.807, 2.05) is 0 Å². The Kier molecular flexibility index (Phi) is 4.00. The minimum absolute atomic E-state index is 0.0113. The number of aromatic hydroxyl groups is 2. The molecule has 0 aliphatic rings. The van der Waals surface area contributed by atoms with Crippen LogP contribution >= 0.6 is 11.6 Å². The molecular formula is C14H10ClNO5. The summed E-state index contributed by atoms with van der Waals surface area (Å²) in [6.07, 6.45) is 0. The highest BCUT2D eigenvalue weighted by molar-refractivity contribution is 6.34. The number of carbonyl (C=O) groups is 2. The van der Waals surface area contributed by atoms with Crippen LogP contribution in [-0.2, 0) is 0 Å². The van der Waals surface area contributed by atoms with Gasteiger partial charge in [0.05, 0.1) is 16.3 Å². The number of carboxylic acids is 1. The molecule has 4 N–H and O–H groups in total. The maximum absolute atomic E-state index is 12.1. The Balaban J connectivity index is 2.39. The van der Waals surface area contributed by atoms with Crippen LogP contribution in [0.25, 0.3) is 0 Å². The number of carboxylic acid groups (broad SMARTS) is 1. The van der Waals surface area contributed by atoms with Crippen molar-refractivity contribution in [1.29, 1.82) is 0 Å². The molecule has 7 heteroatoms. The molecule has 2 aromatic rings. The zero-order chi connectivity index (χ0) is 15.6. The second kappa shape index (κ2) is 5.72. The largest absolute Gasteiger partial charge is 0.504 e. The lowest BCUT2D eigenvalue weighted by Gasteiger charge is -2.11. The highest BCUT2D eigenvalue weighted by Crippen LogP contribution is 2.30. The third kappa shape index (κ3) is 2.90. The van der Waals surface area contributed by atoms with Crippen molar-refractivity contribution in [2.45, 2.75) is 0 Å². The number of hydrogen-bond acceptors (Lipinski definition) is 4. The molecule has 0 radical (unpaired) electrons. The third-order valence-electron chi connectivity index (χ3n) is 2.74. The molecule has 1 amide bonds. The fourth-order valence-electron chi connectivity index (χ4n) is 1.75. The zero-order valence-electron chi connectivity index (χ0n) is 10.5. The van der Waals surface area contributed by atoms with Gasteiger partial charge in [-0.15, -0.1) is 0 Å². The number of rotatable bonds is 3. The normalized spacial score (nSPS) is 10.1. The molecule has 108 valence electrons. The van der Waals surface area contributed by atoms with Crippen molar-refractivity contribution in [3.63, 3.8) is 0 Å². The lowest BCUT2D eigenvalue weighted by atomic mass is 10.1. The van der Waals surface area contributed by atoms with Gasteiger partial charge in [-0.2, -0.15) is 0 Å². The number of benzene rings is 2. The molecule has 0 unspecified atom stereocenters. The molecule has 0 fully saturated rings. The van der Waals surface area contributed by atoms with Crippen molar-refractivity contribution in [2.24, 2.45) is 0 Å². The van der Waals surface area contributed by atoms with Crippen LogP contribution in [0.4, 0.5) is 5.69 Å². The van der Waals surface area contributed by atoms with E-state index in [0.29, 0.717) is 0 Å². The standard InChI is InChI=1S/C14H10ClNO5/c15-8-4-2-5-9(11(8)14(20)21)16-13(19)7-3-1-6-10(17)12(7)18/h1-6,17-18H,(H,16,19)(H,20,21). The first kappa shape index (κ1) is 14.7. The van der Waals surface area contributed by atoms with E-state index in [1.165, 1.54) is 36.4 Å². The average molecular weight is 308 g/mol. The molecule has 0 atom stereocenters. The van der Waals surface area contributed by atoms with E-state index < -0.39 is 23.4 Å². The monoisotopic (exact) mass is 307 g/mol. The molecule has 0 aromatic heterocycles. The first-order valence-electron chi connectivity index (χ1n) is 5.76. The summed E-state index contributed by atoms with van der Waals surface area (Å²) in [6.45, 7) is 0. The number of aromatic carboxylic acids is 1.